The van der Waals surface area contributed by atoms with Gasteiger partial charge in [-0.1, -0.05) is 42.5 Å². The predicted molar refractivity (Wildman–Crippen MR) is 200 cm³/mol. The third-order valence-corrected chi connectivity index (χ3v) is 14.9. The molecular formula is C38H48ClN3O7S2. The number of sulfonamides is 1. The first-order valence-electron chi connectivity index (χ1n) is 17.9. The molecule has 2 aromatic carbocycles. The van der Waals surface area contributed by atoms with Crippen LogP contribution in [0.3, 0.4) is 0 Å². The monoisotopic (exact) mass is 757 g/mol. The standard InChI is InChI=1S/C38H48ClN3O7S2/c1-27-7-5-15-38(44,16-6-17-41-19-21-50(45,46)22-20-41)34-13-10-31(34)25-42-18-4-3-8-29-23-33(39)12-9-32(29)26-49-36-14-11-30(24-35(36)42)37(43)40-51(47,48)28(27)2/h5,9,11-12,14-15,23-24,27-28,31,34,44H,3-4,7-8,10,13,17-22,25-26H2,1-2H3,(H,40,43)/b15-5+/t27-,28+,31-,34+,38-/m0/s1. The Kier molecular flexibility index (Phi) is 11.4. The van der Waals surface area contributed by atoms with E-state index in [9.17, 15) is 26.7 Å². The lowest BCUT2D eigenvalue weighted by molar-refractivity contribution is -0.00301. The normalized spacial score (nSPS) is 30.4. The SMILES string of the molecule is C[C@@H]1[C@@H](C)C/C=C/[C@](O)(C#CCN2CCS(=O)(=O)CC2)[C@@H]2CC[C@H]2CN2CCCCc3cc(Cl)ccc3COc3ccc(cc32)C(=O)NS1(=O)=O. The van der Waals surface area contributed by atoms with Gasteiger partial charge in [-0.2, -0.15) is 0 Å². The first-order valence-corrected chi connectivity index (χ1v) is 21.7. The van der Waals surface area contributed by atoms with E-state index in [0.29, 0.717) is 62.2 Å². The highest BCUT2D eigenvalue weighted by Crippen LogP contribution is 2.45. The smallest absolute Gasteiger partial charge is 0.264 e. The number of hydrogen-bond acceptors (Lipinski definition) is 9. The Balaban J connectivity index is 1.36. The average molecular weight is 758 g/mol. The Bertz CT molecular complexity index is 1930. The van der Waals surface area contributed by atoms with Gasteiger partial charge in [0, 0.05) is 42.7 Å². The van der Waals surface area contributed by atoms with Crippen molar-refractivity contribution in [2.45, 2.75) is 69.8 Å². The Morgan fingerprint density at radius 1 is 1.02 bits per heavy atom. The average Bonchev–Trinajstić information content (AvgIpc) is 3.09. The molecule has 51 heavy (non-hydrogen) atoms. The highest BCUT2D eigenvalue weighted by atomic mass is 35.5. The van der Waals surface area contributed by atoms with Gasteiger partial charge in [0.2, 0.25) is 10.0 Å². The van der Waals surface area contributed by atoms with Crippen molar-refractivity contribution in [3.63, 3.8) is 0 Å². The van der Waals surface area contributed by atoms with Crippen LogP contribution in [0.5, 0.6) is 5.75 Å². The molecular weight excluding hydrogens is 710 g/mol. The largest absolute Gasteiger partial charge is 0.487 e. The van der Waals surface area contributed by atoms with Crippen molar-refractivity contribution in [3.05, 3.63) is 70.3 Å². The summed E-state index contributed by atoms with van der Waals surface area (Å²) in [6, 6.07) is 10.9. The van der Waals surface area contributed by atoms with E-state index in [1.807, 2.05) is 36.1 Å². The molecule has 2 aromatic rings. The van der Waals surface area contributed by atoms with E-state index in [0.717, 1.165) is 43.2 Å². The molecule has 0 spiro atoms. The summed E-state index contributed by atoms with van der Waals surface area (Å²) in [5, 5.41) is 12.1. The fraction of sp³-hybridized carbons (Fsp3) is 0.553. The first kappa shape index (κ1) is 37.7. The molecule has 276 valence electrons. The summed E-state index contributed by atoms with van der Waals surface area (Å²) < 4.78 is 59.5. The van der Waals surface area contributed by atoms with Gasteiger partial charge in [-0.3, -0.25) is 9.69 Å². The van der Waals surface area contributed by atoms with Crippen molar-refractivity contribution in [2.24, 2.45) is 17.8 Å². The molecule has 2 N–H and O–H groups in total. The zero-order chi connectivity index (χ0) is 36.4. The second-order valence-electron chi connectivity index (χ2n) is 14.6. The second kappa shape index (κ2) is 15.5. The number of amides is 1. The van der Waals surface area contributed by atoms with Gasteiger partial charge in [0.1, 0.15) is 18.0 Å². The molecule has 1 aliphatic carbocycles. The van der Waals surface area contributed by atoms with Crippen molar-refractivity contribution < 1.29 is 31.5 Å². The molecule has 1 saturated carbocycles. The van der Waals surface area contributed by atoms with Crippen molar-refractivity contribution in [3.8, 4) is 17.6 Å². The van der Waals surface area contributed by atoms with Crippen LogP contribution in [0.1, 0.15) is 67.4 Å². The summed E-state index contributed by atoms with van der Waals surface area (Å²) >= 11 is 6.35. The number of carbonyl (C=O) groups is 1. The molecule has 2 bridgehead atoms. The molecule has 2 fully saturated rings. The fourth-order valence-corrected chi connectivity index (χ4v) is 10.2. The van der Waals surface area contributed by atoms with Crippen LogP contribution in [0.25, 0.3) is 0 Å². The first-order chi connectivity index (χ1) is 24.2. The van der Waals surface area contributed by atoms with Gasteiger partial charge in [0.25, 0.3) is 5.91 Å². The number of fused-ring (bicyclic) bond motifs is 3. The Labute approximate surface area is 307 Å². The van der Waals surface area contributed by atoms with Crippen LogP contribution in [-0.4, -0.2) is 87.8 Å². The summed E-state index contributed by atoms with van der Waals surface area (Å²) in [6.45, 7) is 6.11. The van der Waals surface area contributed by atoms with E-state index >= 15 is 0 Å². The number of aryl methyl sites for hydroxylation is 1. The number of nitrogens with one attached hydrogen (secondary N) is 1. The molecule has 0 radical (unpaired) electrons. The van der Waals surface area contributed by atoms with Crippen LogP contribution >= 0.6 is 11.6 Å². The Morgan fingerprint density at radius 3 is 2.55 bits per heavy atom. The number of hydrogen-bond donors (Lipinski definition) is 2. The van der Waals surface area contributed by atoms with Crippen LogP contribution in [0.2, 0.25) is 5.02 Å². The number of rotatable bonds is 1. The number of ether oxygens (including phenoxy) is 1. The van der Waals surface area contributed by atoms with E-state index in [2.05, 4.69) is 21.5 Å². The molecule has 1 amide bonds. The third-order valence-electron chi connectivity index (χ3n) is 11.1. The summed E-state index contributed by atoms with van der Waals surface area (Å²) in [5.41, 5.74) is 1.62. The topological polar surface area (TPSA) is 133 Å². The van der Waals surface area contributed by atoms with Gasteiger partial charge >= 0.3 is 0 Å². The zero-order valence-electron chi connectivity index (χ0n) is 29.3. The number of sulfone groups is 1. The number of allylic oxidation sites excluding steroid dienone is 1. The minimum absolute atomic E-state index is 0.0742. The molecule has 0 unspecified atom stereocenters. The van der Waals surface area contributed by atoms with E-state index < -0.39 is 36.6 Å². The van der Waals surface area contributed by atoms with Crippen LogP contribution in [-0.2, 0) is 32.9 Å². The number of anilines is 1. The minimum Gasteiger partial charge on any atom is -0.487 e. The third kappa shape index (κ3) is 8.94. The number of halogens is 1. The van der Waals surface area contributed by atoms with E-state index in [1.54, 1.807) is 31.2 Å². The summed E-state index contributed by atoms with van der Waals surface area (Å²) in [5.74, 6) is 5.96. The van der Waals surface area contributed by atoms with Crippen LogP contribution in [0, 0.1) is 29.6 Å². The molecule has 3 heterocycles. The van der Waals surface area contributed by atoms with Crippen molar-refractivity contribution in [1.29, 1.82) is 0 Å². The lowest BCUT2D eigenvalue weighted by Crippen LogP contribution is -2.49. The van der Waals surface area contributed by atoms with Crippen molar-refractivity contribution >= 4 is 43.1 Å². The maximum absolute atomic E-state index is 13.5. The number of benzene rings is 2. The highest BCUT2D eigenvalue weighted by molar-refractivity contribution is 7.91. The molecule has 10 nitrogen and oxygen atoms in total. The lowest BCUT2D eigenvalue weighted by Gasteiger charge is -2.46. The van der Waals surface area contributed by atoms with Gasteiger partial charge in [0.15, 0.2) is 9.84 Å². The molecule has 6 rings (SSSR count). The molecule has 4 aliphatic rings. The van der Waals surface area contributed by atoms with Gasteiger partial charge in [-0.25, -0.2) is 21.6 Å². The lowest BCUT2D eigenvalue weighted by atomic mass is 9.64. The Morgan fingerprint density at radius 2 is 1.80 bits per heavy atom. The number of nitrogens with zero attached hydrogens (tertiary/aromatic N) is 2. The van der Waals surface area contributed by atoms with Crippen LogP contribution in [0.15, 0.2) is 48.6 Å². The van der Waals surface area contributed by atoms with Gasteiger partial charge in [-0.05, 0) is 105 Å². The van der Waals surface area contributed by atoms with E-state index in [4.69, 9.17) is 16.3 Å². The maximum Gasteiger partial charge on any atom is 0.264 e. The second-order valence-corrected chi connectivity index (χ2v) is 19.4. The highest BCUT2D eigenvalue weighted by Gasteiger charge is 2.45. The minimum atomic E-state index is -4.04. The molecule has 0 aromatic heterocycles. The molecule has 1 saturated heterocycles. The number of carbonyl (C=O) groups excluding carboxylic acids is 1. The van der Waals surface area contributed by atoms with Gasteiger partial charge < -0.3 is 14.7 Å². The maximum atomic E-state index is 13.5. The van der Waals surface area contributed by atoms with Crippen LogP contribution < -0.4 is 14.4 Å². The number of aliphatic hydroxyl groups is 1. The van der Waals surface area contributed by atoms with Crippen LogP contribution in [0.4, 0.5) is 5.69 Å². The van der Waals surface area contributed by atoms with Crippen molar-refractivity contribution in [1.82, 2.24) is 9.62 Å². The van der Waals surface area contributed by atoms with Crippen molar-refractivity contribution in [2.75, 3.05) is 49.1 Å². The predicted octanol–water partition coefficient (Wildman–Crippen LogP) is 4.60. The van der Waals surface area contributed by atoms with Gasteiger partial charge in [0.05, 0.1) is 29.0 Å². The molecule has 5 atom stereocenters. The summed E-state index contributed by atoms with van der Waals surface area (Å²) in [6.07, 6.45) is 8.12. The molecule has 3 aliphatic heterocycles. The van der Waals surface area contributed by atoms with E-state index in [1.165, 1.54) is 0 Å². The fourth-order valence-electron chi connectivity index (χ4n) is 7.43. The zero-order valence-corrected chi connectivity index (χ0v) is 31.7. The quantitative estimate of drug-likeness (QED) is 0.317. The van der Waals surface area contributed by atoms with E-state index in [-0.39, 0.29) is 34.8 Å². The summed E-state index contributed by atoms with van der Waals surface area (Å²) in [7, 11) is -7.06. The summed E-state index contributed by atoms with van der Waals surface area (Å²) in [4.78, 5) is 17.7. The molecule has 13 heteroatoms. The van der Waals surface area contributed by atoms with Gasteiger partial charge in [-0.15, -0.1) is 0 Å². The Hall–Kier alpha value is -3.08.